The van der Waals surface area contributed by atoms with E-state index in [0.29, 0.717) is 18.7 Å². The fraction of sp³-hybridized carbons (Fsp3) is 0.333. The van der Waals surface area contributed by atoms with Crippen molar-refractivity contribution in [2.75, 3.05) is 13.1 Å². The predicted octanol–water partition coefficient (Wildman–Crippen LogP) is 3.34. The third kappa shape index (κ3) is 2.84. The standard InChI is InChI=1S/C15H17NO2S/c1-3-16(4-2)15(18)9-13(17)12-10-19-14-8-6-5-7-11(12)14/h5-8,10H,3-4,9H2,1-2H3. The van der Waals surface area contributed by atoms with Crippen molar-refractivity contribution < 1.29 is 9.59 Å². The highest BCUT2D eigenvalue weighted by atomic mass is 32.1. The van der Waals surface area contributed by atoms with Gasteiger partial charge >= 0.3 is 0 Å². The van der Waals surface area contributed by atoms with E-state index in [4.69, 9.17) is 0 Å². The molecule has 0 spiro atoms. The van der Waals surface area contributed by atoms with Gasteiger partial charge in [-0.2, -0.15) is 0 Å². The van der Waals surface area contributed by atoms with Crippen molar-refractivity contribution in [2.45, 2.75) is 20.3 Å². The van der Waals surface area contributed by atoms with Gasteiger partial charge in [-0.25, -0.2) is 0 Å². The minimum atomic E-state index is -0.0923. The van der Waals surface area contributed by atoms with Gasteiger partial charge in [0.2, 0.25) is 5.91 Å². The van der Waals surface area contributed by atoms with Gasteiger partial charge in [0.05, 0.1) is 6.42 Å². The van der Waals surface area contributed by atoms with Gasteiger partial charge in [-0.15, -0.1) is 11.3 Å². The molecule has 1 aromatic carbocycles. The normalized spacial score (nSPS) is 10.6. The summed E-state index contributed by atoms with van der Waals surface area (Å²) in [7, 11) is 0. The monoisotopic (exact) mass is 275 g/mol. The lowest BCUT2D eigenvalue weighted by Crippen LogP contribution is -2.31. The van der Waals surface area contributed by atoms with Crippen LogP contribution in [0.5, 0.6) is 0 Å². The van der Waals surface area contributed by atoms with Crippen LogP contribution in [0, 0.1) is 0 Å². The van der Waals surface area contributed by atoms with E-state index in [9.17, 15) is 9.59 Å². The highest BCUT2D eigenvalue weighted by Crippen LogP contribution is 2.26. The molecule has 2 aromatic rings. The van der Waals surface area contributed by atoms with Crippen molar-refractivity contribution in [2.24, 2.45) is 0 Å². The number of nitrogens with zero attached hydrogens (tertiary/aromatic N) is 1. The number of thiophene rings is 1. The van der Waals surface area contributed by atoms with Crippen LogP contribution in [0.25, 0.3) is 10.1 Å². The van der Waals surface area contributed by atoms with Gasteiger partial charge in [-0.1, -0.05) is 18.2 Å². The summed E-state index contributed by atoms with van der Waals surface area (Å²) in [4.78, 5) is 25.9. The highest BCUT2D eigenvalue weighted by molar-refractivity contribution is 7.17. The number of carbonyl (C=O) groups excluding carboxylic acids is 2. The van der Waals surface area contributed by atoms with E-state index in [1.165, 1.54) is 0 Å². The van der Waals surface area contributed by atoms with Crippen LogP contribution >= 0.6 is 11.3 Å². The number of fused-ring (bicyclic) bond motifs is 1. The van der Waals surface area contributed by atoms with Gasteiger partial charge in [-0.05, 0) is 19.9 Å². The van der Waals surface area contributed by atoms with E-state index in [-0.39, 0.29) is 18.1 Å². The maximum atomic E-state index is 12.2. The van der Waals surface area contributed by atoms with E-state index < -0.39 is 0 Å². The van der Waals surface area contributed by atoms with Crippen molar-refractivity contribution in [3.05, 3.63) is 35.2 Å². The molecule has 0 aliphatic rings. The molecule has 0 bridgehead atoms. The first-order valence-electron chi connectivity index (χ1n) is 6.44. The molecule has 4 heteroatoms. The largest absolute Gasteiger partial charge is 0.343 e. The van der Waals surface area contributed by atoms with Crippen molar-refractivity contribution >= 4 is 33.1 Å². The molecular weight excluding hydrogens is 258 g/mol. The number of hydrogen-bond donors (Lipinski definition) is 0. The van der Waals surface area contributed by atoms with Crippen LogP contribution in [0.3, 0.4) is 0 Å². The quantitative estimate of drug-likeness (QED) is 0.620. The van der Waals surface area contributed by atoms with E-state index in [2.05, 4.69) is 0 Å². The topological polar surface area (TPSA) is 37.4 Å². The van der Waals surface area contributed by atoms with Crippen LogP contribution in [-0.4, -0.2) is 29.7 Å². The Morgan fingerprint density at radius 1 is 1.16 bits per heavy atom. The Morgan fingerprint density at radius 2 is 1.84 bits per heavy atom. The lowest BCUT2D eigenvalue weighted by Gasteiger charge is -2.17. The van der Waals surface area contributed by atoms with Crippen LogP contribution in [-0.2, 0) is 4.79 Å². The molecule has 0 unspecified atom stereocenters. The average Bonchev–Trinajstić information content (AvgIpc) is 2.84. The first kappa shape index (κ1) is 13.7. The molecule has 0 aliphatic heterocycles. The first-order chi connectivity index (χ1) is 9.17. The summed E-state index contributed by atoms with van der Waals surface area (Å²) in [5.74, 6) is -0.181. The fourth-order valence-electron chi connectivity index (χ4n) is 2.11. The van der Waals surface area contributed by atoms with Crippen molar-refractivity contribution in [3.8, 4) is 0 Å². The van der Waals surface area contributed by atoms with Crippen LogP contribution in [0.15, 0.2) is 29.6 Å². The van der Waals surface area contributed by atoms with Gasteiger partial charge < -0.3 is 4.90 Å². The minimum absolute atomic E-state index is 0.0393. The number of ketones is 1. The van der Waals surface area contributed by atoms with E-state index in [1.807, 2.05) is 43.5 Å². The Kier molecular flexibility index (Phi) is 4.32. The predicted molar refractivity (Wildman–Crippen MR) is 78.7 cm³/mol. The molecule has 100 valence electrons. The second-order valence-electron chi connectivity index (χ2n) is 4.31. The molecule has 0 N–H and O–H groups in total. The van der Waals surface area contributed by atoms with Crippen molar-refractivity contribution in [1.82, 2.24) is 4.90 Å². The SMILES string of the molecule is CCN(CC)C(=O)CC(=O)c1csc2ccccc12. The van der Waals surface area contributed by atoms with Crippen molar-refractivity contribution in [1.29, 1.82) is 0 Å². The third-order valence-electron chi connectivity index (χ3n) is 3.21. The molecular formula is C15H17NO2S. The lowest BCUT2D eigenvalue weighted by atomic mass is 10.1. The second-order valence-corrected chi connectivity index (χ2v) is 5.22. The molecule has 19 heavy (non-hydrogen) atoms. The van der Waals surface area contributed by atoms with E-state index >= 15 is 0 Å². The third-order valence-corrected chi connectivity index (χ3v) is 4.17. The Labute approximate surface area is 116 Å². The summed E-state index contributed by atoms with van der Waals surface area (Å²) in [5.41, 5.74) is 0.668. The maximum absolute atomic E-state index is 12.2. The summed E-state index contributed by atoms with van der Waals surface area (Å²) >= 11 is 1.54. The van der Waals surface area contributed by atoms with Crippen LogP contribution in [0.2, 0.25) is 0 Å². The number of hydrogen-bond acceptors (Lipinski definition) is 3. The molecule has 3 nitrogen and oxygen atoms in total. The molecule has 0 radical (unpaired) electrons. The van der Waals surface area contributed by atoms with Gasteiger partial charge in [0.15, 0.2) is 5.78 Å². The number of amides is 1. The number of rotatable bonds is 5. The molecule has 1 amide bonds. The molecule has 0 fully saturated rings. The van der Waals surface area contributed by atoms with Crippen LogP contribution in [0.1, 0.15) is 30.6 Å². The summed E-state index contributed by atoms with van der Waals surface area (Å²) in [6.07, 6.45) is -0.0393. The van der Waals surface area contributed by atoms with Gasteiger partial charge in [0.25, 0.3) is 0 Å². The number of carbonyl (C=O) groups is 2. The van der Waals surface area contributed by atoms with E-state index in [0.717, 1.165) is 10.1 Å². The maximum Gasteiger partial charge on any atom is 0.230 e. The van der Waals surface area contributed by atoms with Gasteiger partial charge in [0.1, 0.15) is 0 Å². The second kappa shape index (κ2) is 5.97. The molecule has 2 rings (SSSR count). The van der Waals surface area contributed by atoms with Crippen LogP contribution in [0.4, 0.5) is 0 Å². The zero-order valence-electron chi connectivity index (χ0n) is 11.2. The lowest BCUT2D eigenvalue weighted by molar-refractivity contribution is -0.129. The molecule has 1 heterocycles. The molecule has 0 saturated heterocycles. The summed E-state index contributed by atoms with van der Waals surface area (Å²) < 4.78 is 1.08. The molecule has 0 aliphatic carbocycles. The Bertz CT molecular complexity index is 599. The molecule has 1 aromatic heterocycles. The fourth-order valence-corrected chi connectivity index (χ4v) is 3.08. The summed E-state index contributed by atoms with van der Waals surface area (Å²) in [6, 6.07) is 7.79. The highest BCUT2D eigenvalue weighted by Gasteiger charge is 2.18. The minimum Gasteiger partial charge on any atom is -0.343 e. The van der Waals surface area contributed by atoms with Crippen molar-refractivity contribution in [3.63, 3.8) is 0 Å². The van der Waals surface area contributed by atoms with Gasteiger partial charge in [0, 0.05) is 34.1 Å². The average molecular weight is 275 g/mol. The van der Waals surface area contributed by atoms with E-state index in [1.54, 1.807) is 16.2 Å². The number of Topliss-reactive ketones (excluding diaryl/α,β-unsaturated/α-hetero) is 1. The summed E-state index contributed by atoms with van der Waals surface area (Å²) in [6.45, 7) is 5.14. The Hall–Kier alpha value is -1.68. The Morgan fingerprint density at radius 3 is 2.53 bits per heavy atom. The molecule has 0 atom stereocenters. The summed E-state index contributed by atoms with van der Waals surface area (Å²) in [5, 5.41) is 2.80. The zero-order valence-corrected chi connectivity index (χ0v) is 12.0. The zero-order chi connectivity index (χ0) is 13.8. The van der Waals surface area contributed by atoms with Gasteiger partial charge in [-0.3, -0.25) is 9.59 Å². The molecule has 0 saturated carbocycles. The Balaban J connectivity index is 2.18. The first-order valence-corrected chi connectivity index (χ1v) is 7.32. The van der Waals surface area contributed by atoms with Crippen LogP contribution < -0.4 is 0 Å². The smallest absolute Gasteiger partial charge is 0.230 e. The number of benzene rings is 1.